The average molecular weight is 387 g/mol. The molecular weight excluding hydrogens is 366 g/mol. The maximum atomic E-state index is 12.3. The Hall–Kier alpha value is -2.61. The number of nitrogens with one attached hydrogen (secondary N) is 1. The van der Waals surface area contributed by atoms with Crippen molar-refractivity contribution in [2.45, 2.75) is 43.2 Å². The quantitative estimate of drug-likeness (QED) is 0.439. The van der Waals surface area contributed by atoms with Gasteiger partial charge in [-0.15, -0.1) is 11.8 Å². The molecule has 1 saturated carbocycles. The number of pyridine rings is 1. The van der Waals surface area contributed by atoms with Gasteiger partial charge in [0.25, 0.3) is 11.6 Å². The van der Waals surface area contributed by atoms with Crippen LogP contribution < -0.4 is 10.1 Å². The monoisotopic (exact) mass is 387 g/mol. The van der Waals surface area contributed by atoms with Gasteiger partial charge in [0.2, 0.25) is 5.88 Å². The van der Waals surface area contributed by atoms with Crippen LogP contribution in [0.25, 0.3) is 0 Å². The van der Waals surface area contributed by atoms with Crippen LogP contribution >= 0.6 is 11.8 Å². The molecule has 3 rings (SSSR count). The molecule has 142 valence electrons. The van der Waals surface area contributed by atoms with Crippen LogP contribution in [-0.2, 0) is 6.54 Å². The molecule has 27 heavy (non-hydrogen) atoms. The third-order valence-corrected chi connectivity index (χ3v) is 5.26. The van der Waals surface area contributed by atoms with Crippen molar-refractivity contribution < 1.29 is 14.5 Å². The highest BCUT2D eigenvalue weighted by molar-refractivity contribution is 7.98. The second-order valence-electron chi connectivity index (χ2n) is 6.36. The molecule has 0 atom stereocenters. The van der Waals surface area contributed by atoms with Gasteiger partial charge in [-0.2, -0.15) is 0 Å². The lowest BCUT2D eigenvalue weighted by Crippen LogP contribution is -2.23. The van der Waals surface area contributed by atoms with Gasteiger partial charge in [0.15, 0.2) is 0 Å². The minimum absolute atomic E-state index is 0.0646. The SMILES string of the molecule is CSc1ccc(C(=O)NCc2ccc(OC3CCCC3)nc2)cc1[N+](=O)[O-]. The Morgan fingerprint density at radius 1 is 1.33 bits per heavy atom. The number of carbonyl (C=O) groups is 1. The predicted molar refractivity (Wildman–Crippen MR) is 103 cm³/mol. The molecule has 0 bridgehead atoms. The first-order valence-corrected chi connectivity index (χ1v) is 10.0. The fourth-order valence-corrected chi connectivity index (χ4v) is 3.57. The summed E-state index contributed by atoms with van der Waals surface area (Å²) >= 11 is 1.27. The minimum Gasteiger partial charge on any atom is -0.474 e. The number of aromatic nitrogens is 1. The molecule has 1 aliphatic rings. The van der Waals surface area contributed by atoms with Gasteiger partial charge in [-0.3, -0.25) is 14.9 Å². The number of nitro benzene ring substituents is 1. The van der Waals surface area contributed by atoms with Crippen molar-refractivity contribution >= 4 is 23.4 Å². The van der Waals surface area contributed by atoms with Crippen molar-refractivity contribution in [3.8, 4) is 5.88 Å². The molecule has 0 saturated heterocycles. The number of thioether (sulfide) groups is 1. The van der Waals surface area contributed by atoms with Gasteiger partial charge < -0.3 is 10.1 Å². The number of amides is 1. The van der Waals surface area contributed by atoms with Crippen LogP contribution in [-0.4, -0.2) is 28.2 Å². The lowest BCUT2D eigenvalue weighted by Gasteiger charge is -2.12. The van der Waals surface area contributed by atoms with Crippen molar-refractivity contribution in [2.24, 2.45) is 0 Å². The lowest BCUT2D eigenvalue weighted by molar-refractivity contribution is -0.387. The van der Waals surface area contributed by atoms with E-state index in [0.29, 0.717) is 10.8 Å². The molecule has 0 radical (unpaired) electrons. The summed E-state index contributed by atoms with van der Waals surface area (Å²) < 4.78 is 5.82. The van der Waals surface area contributed by atoms with Gasteiger partial charge in [0, 0.05) is 30.4 Å². The van der Waals surface area contributed by atoms with E-state index in [4.69, 9.17) is 4.74 Å². The minimum atomic E-state index is -0.477. The first-order chi connectivity index (χ1) is 13.1. The number of carbonyl (C=O) groups excluding carboxylic acids is 1. The topological polar surface area (TPSA) is 94.4 Å². The van der Waals surface area contributed by atoms with Gasteiger partial charge in [-0.1, -0.05) is 6.07 Å². The Morgan fingerprint density at radius 3 is 2.74 bits per heavy atom. The molecule has 0 spiro atoms. The third kappa shape index (κ3) is 4.97. The fourth-order valence-electron chi connectivity index (χ4n) is 3.02. The molecule has 0 unspecified atom stereocenters. The summed E-state index contributed by atoms with van der Waals surface area (Å²) in [7, 11) is 0. The highest BCUT2D eigenvalue weighted by Crippen LogP contribution is 2.28. The summed E-state index contributed by atoms with van der Waals surface area (Å²) in [6, 6.07) is 8.14. The molecule has 1 aromatic heterocycles. The molecule has 2 aromatic rings. The summed E-state index contributed by atoms with van der Waals surface area (Å²) in [5.41, 5.74) is 1.02. The van der Waals surface area contributed by atoms with Crippen LogP contribution in [0.15, 0.2) is 41.4 Å². The van der Waals surface area contributed by atoms with Gasteiger partial charge in [0.05, 0.1) is 9.82 Å². The summed E-state index contributed by atoms with van der Waals surface area (Å²) in [6.07, 6.45) is 8.22. The number of rotatable bonds is 7. The van der Waals surface area contributed by atoms with Crippen molar-refractivity contribution in [1.29, 1.82) is 0 Å². The van der Waals surface area contributed by atoms with Crippen molar-refractivity contribution in [2.75, 3.05) is 6.26 Å². The number of hydrogen-bond acceptors (Lipinski definition) is 6. The summed E-state index contributed by atoms with van der Waals surface area (Å²) in [5, 5.41) is 13.9. The summed E-state index contributed by atoms with van der Waals surface area (Å²) in [6.45, 7) is 0.285. The zero-order valence-electron chi connectivity index (χ0n) is 15.0. The molecule has 8 heteroatoms. The number of hydrogen-bond donors (Lipinski definition) is 1. The second-order valence-corrected chi connectivity index (χ2v) is 7.20. The Morgan fingerprint density at radius 2 is 2.11 bits per heavy atom. The maximum Gasteiger partial charge on any atom is 0.283 e. The molecule has 0 aliphatic heterocycles. The Balaban J connectivity index is 1.58. The molecule has 1 heterocycles. The number of benzene rings is 1. The van der Waals surface area contributed by atoms with Gasteiger partial charge in [0.1, 0.15) is 6.10 Å². The lowest BCUT2D eigenvalue weighted by atomic mass is 10.2. The standard InChI is InChI=1S/C19H21N3O4S/c1-27-17-8-7-14(10-16(17)22(24)25)19(23)21-12-13-6-9-18(20-11-13)26-15-4-2-3-5-15/h6-11,15H,2-5,12H2,1H3,(H,21,23). The number of nitrogens with zero attached hydrogens (tertiary/aromatic N) is 2. The van der Waals surface area contributed by atoms with E-state index in [2.05, 4.69) is 10.3 Å². The van der Waals surface area contributed by atoms with E-state index in [-0.39, 0.29) is 29.8 Å². The summed E-state index contributed by atoms with van der Waals surface area (Å²) in [5.74, 6) is 0.234. The highest BCUT2D eigenvalue weighted by atomic mass is 32.2. The fraction of sp³-hybridized carbons (Fsp3) is 0.368. The van der Waals surface area contributed by atoms with Gasteiger partial charge >= 0.3 is 0 Å². The Labute approximate surface area is 161 Å². The summed E-state index contributed by atoms with van der Waals surface area (Å²) in [4.78, 5) is 27.8. The van der Waals surface area contributed by atoms with Crippen LogP contribution in [0, 0.1) is 10.1 Å². The van der Waals surface area contributed by atoms with E-state index in [1.54, 1.807) is 30.7 Å². The van der Waals surface area contributed by atoms with E-state index < -0.39 is 4.92 Å². The molecule has 1 aromatic carbocycles. The normalized spacial score (nSPS) is 14.1. The van der Waals surface area contributed by atoms with Gasteiger partial charge in [-0.05, 0) is 49.6 Å². The Kier molecular flexibility index (Phi) is 6.28. The molecule has 1 aliphatic carbocycles. The van der Waals surface area contributed by atoms with E-state index >= 15 is 0 Å². The molecule has 1 amide bonds. The third-order valence-electron chi connectivity index (χ3n) is 4.48. The van der Waals surface area contributed by atoms with Crippen LogP contribution in [0.5, 0.6) is 5.88 Å². The number of nitro groups is 1. The van der Waals surface area contributed by atoms with E-state index in [9.17, 15) is 14.9 Å². The average Bonchev–Trinajstić information content (AvgIpc) is 3.19. The molecule has 1 N–H and O–H groups in total. The molecule has 7 nitrogen and oxygen atoms in total. The van der Waals surface area contributed by atoms with Crippen LogP contribution in [0.2, 0.25) is 0 Å². The van der Waals surface area contributed by atoms with E-state index in [1.165, 1.54) is 30.7 Å². The first-order valence-electron chi connectivity index (χ1n) is 8.79. The predicted octanol–water partition coefficient (Wildman–Crippen LogP) is 3.96. The van der Waals surface area contributed by atoms with Crippen LogP contribution in [0.1, 0.15) is 41.6 Å². The molecule has 1 fully saturated rings. The van der Waals surface area contributed by atoms with Gasteiger partial charge in [-0.25, -0.2) is 4.98 Å². The zero-order valence-corrected chi connectivity index (χ0v) is 15.8. The van der Waals surface area contributed by atoms with Crippen LogP contribution in [0.4, 0.5) is 5.69 Å². The largest absolute Gasteiger partial charge is 0.474 e. The van der Waals surface area contributed by atoms with Crippen LogP contribution in [0.3, 0.4) is 0 Å². The van der Waals surface area contributed by atoms with E-state index in [0.717, 1.165) is 18.4 Å². The first kappa shape index (κ1) is 19.2. The molecular formula is C19H21N3O4S. The second kappa shape index (κ2) is 8.85. The smallest absolute Gasteiger partial charge is 0.283 e. The Bertz CT molecular complexity index is 820. The highest BCUT2D eigenvalue weighted by Gasteiger charge is 2.18. The van der Waals surface area contributed by atoms with Crippen molar-refractivity contribution in [1.82, 2.24) is 10.3 Å². The maximum absolute atomic E-state index is 12.3. The van der Waals surface area contributed by atoms with Crippen molar-refractivity contribution in [3.05, 3.63) is 57.8 Å². The van der Waals surface area contributed by atoms with Crippen molar-refractivity contribution in [3.63, 3.8) is 0 Å². The number of ether oxygens (including phenoxy) is 1. The zero-order chi connectivity index (χ0) is 19.2. The van der Waals surface area contributed by atoms with E-state index in [1.807, 2.05) is 6.07 Å².